The second-order valence-electron chi connectivity index (χ2n) is 18.6. The van der Waals surface area contributed by atoms with Gasteiger partial charge in [-0.2, -0.15) is 0 Å². The molecule has 0 aromatic heterocycles. The minimum absolute atomic E-state index is 0.0447. The van der Waals surface area contributed by atoms with Crippen molar-refractivity contribution in [1.82, 2.24) is 0 Å². The summed E-state index contributed by atoms with van der Waals surface area (Å²) in [5.74, 6) is -1.85. The molecule has 1 unspecified atom stereocenters. The van der Waals surface area contributed by atoms with Crippen LogP contribution >= 0.6 is 0 Å². The Hall–Kier alpha value is -5.61. The van der Waals surface area contributed by atoms with Crippen LogP contribution in [0.5, 0.6) is 0 Å². The molecule has 71 heavy (non-hydrogen) atoms. The van der Waals surface area contributed by atoms with Crippen molar-refractivity contribution >= 4 is 5.97 Å². The molecule has 6 aromatic carbocycles. The number of aliphatic hydroxyl groups excluding tert-OH is 1. The predicted molar refractivity (Wildman–Crippen MR) is 267 cm³/mol. The molecule has 0 amide bonds. The Kier molecular flexibility index (Phi) is 17.6. The van der Waals surface area contributed by atoms with Crippen LogP contribution in [0.2, 0.25) is 0 Å². The van der Waals surface area contributed by atoms with Crippen LogP contribution in [0.3, 0.4) is 0 Å². The van der Waals surface area contributed by atoms with E-state index >= 15 is 0 Å². The van der Waals surface area contributed by atoms with Gasteiger partial charge in [-0.15, -0.1) is 0 Å². The van der Waals surface area contributed by atoms with Crippen molar-refractivity contribution in [3.8, 4) is 0 Å². The average molecular weight is 967 g/mol. The number of carbonyl (C=O) groups excluding carboxylic acids is 1. The molecule has 2 fully saturated rings. The van der Waals surface area contributed by atoms with Crippen molar-refractivity contribution in [3.05, 3.63) is 215 Å². The van der Waals surface area contributed by atoms with Gasteiger partial charge in [-0.1, -0.05) is 182 Å². The number of rotatable bonds is 22. The SMILES string of the molecule is CO[C@H]1O[C@H](COCc2ccccc2)[C@](OC)([C@@H]2O[C@H](C(O)Cc3ccccc3)[C@@H](COC(C)=O)[C@@](O)(Cc3ccccc3)[C@]2(O)Cc2ccccc2)[C@H](OCc2ccccc2)[C@H]1OCc1ccccc1. The number of hydrogen-bond acceptors (Lipinski definition) is 12. The average Bonchev–Trinajstić information content (AvgIpc) is 3.39. The normalized spacial score (nSPS) is 27.9. The molecule has 374 valence electrons. The van der Waals surface area contributed by atoms with E-state index in [4.69, 9.17) is 37.9 Å². The number of benzene rings is 6. The fraction of sp³-hybridized carbons (Fsp3) is 0.373. The molecule has 0 radical (unpaired) electrons. The minimum Gasteiger partial charge on any atom is -0.465 e. The Labute approximate surface area is 417 Å². The molecule has 12 heteroatoms. The van der Waals surface area contributed by atoms with Gasteiger partial charge >= 0.3 is 5.97 Å². The highest BCUT2D eigenvalue weighted by atomic mass is 16.7. The summed E-state index contributed by atoms with van der Waals surface area (Å²) in [4.78, 5) is 12.9. The molecule has 3 N–H and O–H groups in total. The van der Waals surface area contributed by atoms with Crippen molar-refractivity contribution in [2.45, 2.75) is 106 Å². The van der Waals surface area contributed by atoms with E-state index in [1.807, 2.05) is 182 Å². The third-order valence-electron chi connectivity index (χ3n) is 14.0. The van der Waals surface area contributed by atoms with Gasteiger partial charge in [0.05, 0.1) is 51.2 Å². The lowest BCUT2D eigenvalue weighted by Gasteiger charge is -2.65. The zero-order valence-electron chi connectivity index (χ0n) is 40.6. The summed E-state index contributed by atoms with van der Waals surface area (Å²) in [6.07, 6.45) is -9.15. The number of esters is 1. The lowest BCUT2D eigenvalue weighted by atomic mass is 9.57. The second-order valence-corrected chi connectivity index (χ2v) is 18.6. The molecule has 8 rings (SSSR count). The van der Waals surface area contributed by atoms with E-state index in [-0.39, 0.29) is 45.7 Å². The first kappa shape index (κ1) is 51.7. The molecule has 2 aliphatic rings. The molecule has 2 aliphatic heterocycles. The first-order valence-corrected chi connectivity index (χ1v) is 24.3. The molecule has 11 atom stereocenters. The molecule has 12 nitrogen and oxygen atoms in total. The predicted octanol–water partition coefficient (Wildman–Crippen LogP) is 7.63. The summed E-state index contributed by atoms with van der Waals surface area (Å²) >= 11 is 0. The minimum atomic E-state index is -2.38. The highest BCUT2D eigenvalue weighted by Crippen LogP contribution is 2.54. The number of ether oxygens (including phenoxy) is 8. The van der Waals surface area contributed by atoms with Gasteiger partial charge in [0.1, 0.15) is 35.6 Å². The first-order valence-electron chi connectivity index (χ1n) is 24.3. The first-order chi connectivity index (χ1) is 34.6. The summed E-state index contributed by atoms with van der Waals surface area (Å²) < 4.78 is 54.3. The number of aliphatic hydroxyl groups is 3. The van der Waals surface area contributed by atoms with Crippen LogP contribution in [0.15, 0.2) is 182 Å². The van der Waals surface area contributed by atoms with Crippen molar-refractivity contribution < 1.29 is 58.0 Å². The third-order valence-corrected chi connectivity index (χ3v) is 14.0. The summed E-state index contributed by atoms with van der Waals surface area (Å²) in [5, 5.41) is 41.7. The van der Waals surface area contributed by atoms with Gasteiger partial charge in [-0.05, 0) is 33.4 Å². The largest absolute Gasteiger partial charge is 0.465 e. The van der Waals surface area contributed by atoms with Crippen LogP contribution in [0, 0.1) is 5.92 Å². The maximum Gasteiger partial charge on any atom is 0.302 e. The van der Waals surface area contributed by atoms with Gasteiger partial charge in [-0.25, -0.2) is 0 Å². The van der Waals surface area contributed by atoms with Gasteiger partial charge in [0.25, 0.3) is 0 Å². The van der Waals surface area contributed by atoms with Gasteiger partial charge in [-0.3, -0.25) is 4.79 Å². The zero-order chi connectivity index (χ0) is 49.7. The Morgan fingerprint density at radius 1 is 0.577 bits per heavy atom. The van der Waals surface area contributed by atoms with Crippen molar-refractivity contribution in [3.63, 3.8) is 0 Å². The van der Waals surface area contributed by atoms with Gasteiger partial charge in [0, 0.05) is 40.4 Å². The van der Waals surface area contributed by atoms with E-state index in [2.05, 4.69) is 0 Å². The molecule has 2 heterocycles. The maximum absolute atomic E-state index is 14.6. The molecule has 6 aromatic rings. The number of hydrogen-bond donors (Lipinski definition) is 3. The Morgan fingerprint density at radius 3 is 1.51 bits per heavy atom. The molecule has 0 saturated carbocycles. The van der Waals surface area contributed by atoms with E-state index in [0.29, 0.717) is 11.1 Å². The molecular formula is C59H66O12. The highest BCUT2D eigenvalue weighted by Gasteiger charge is 2.75. The van der Waals surface area contributed by atoms with E-state index < -0.39 is 78.2 Å². The van der Waals surface area contributed by atoms with Gasteiger partial charge in [0.15, 0.2) is 11.9 Å². The van der Waals surface area contributed by atoms with Crippen LogP contribution < -0.4 is 0 Å². The molecule has 0 aliphatic carbocycles. The smallest absolute Gasteiger partial charge is 0.302 e. The summed E-state index contributed by atoms with van der Waals surface area (Å²) in [6, 6.07) is 57.1. The quantitative estimate of drug-likeness (QED) is 0.0574. The maximum atomic E-state index is 14.6. The Morgan fingerprint density at radius 2 is 1.03 bits per heavy atom. The van der Waals surface area contributed by atoms with Gasteiger partial charge < -0.3 is 53.2 Å². The van der Waals surface area contributed by atoms with Crippen LogP contribution in [0.25, 0.3) is 0 Å². The molecule has 2 saturated heterocycles. The van der Waals surface area contributed by atoms with Crippen LogP contribution in [0.1, 0.15) is 40.3 Å². The van der Waals surface area contributed by atoms with E-state index in [9.17, 15) is 20.1 Å². The van der Waals surface area contributed by atoms with E-state index in [1.165, 1.54) is 21.1 Å². The van der Waals surface area contributed by atoms with Crippen LogP contribution in [-0.2, 0) is 81.8 Å². The third kappa shape index (κ3) is 11.9. The van der Waals surface area contributed by atoms with Crippen LogP contribution in [-0.4, -0.2) is 108 Å². The summed E-state index contributed by atoms with van der Waals surface area (Å²) in [5.41, 5.74) is -1.91. The lowest BCUT2D eigenvalue weighted by molar-refractivity contribution is -0.411. The van der Waals surface area contributed by atoms with Crippen molar-refractivity contribution in [2.24, 2.45) is 5.92 Å². The number of methoxy groups -OCH3 is 2. The lowest BCUT2D eigenvalue weighted by Crippen LogP contribution is -2.85. The zero-order valence-corrected chi connectivity index (χ0v) is 40.6. The van der Waals surface area contributed by atoms with E-state index in [0.717, 1.165) is 22.3 Å². The summed E-state index contributed by atoms with van der Waals surface area (Å²) in [7, 11) is 3.02. The fourth-order valence-corrected chi connectivity index (χ4v) is 10.5. The second kappa shape index (κ2) is 24.2. The number of carbonyl (C=O) groups is 1. The standard InChI is InChI=1S/C59H66O12/c1-42(60)67-40-49-52(50(61)34-43-22-10-4-11-23-43)71-56(58(63,36-45-26-14-6-15-27-45)57(49,62)35-44-24-12-5-13-25-44)59(65-3)51(41-66-37-46-28-16-7-17-29-46)70-55(64-2)53(68-38-47-30-18-8-19-31-47)54(59)69-39-48-32-20-9-21-33-48/h4-33,49-56,61-63H,34-41H2,1-3H3/t49-,50?,51-,52+,53-,54-,55+,56-,57+,58+,59-/m1/s1. The van der Waals surface area contributed by atoms with Crippen LogP contribution in [0.4, 0.5) is 0 Å². The molecule has 0 spiro atoms. The van der Waals surface area contributed by atoms with Gasteiger partial charge in [0.2, 0.25) is 0 Å². The Bertz CT molecular complexity index is 2510. The fourth-order valence-electron chi connectivity index (χ4n) is 10.5. The van der Waals surface area contributed by atoms with Crippen molar-refractivity contribution in [2.75, 3.05) is 27.4 Å². The van der Waals surface area contributed by atoms with E-state index in [1.54, 1.807) is 0 Å². The summed E-state index contributed by atoms with van der Waals surface area (Å²) in [6.45, 7) is 1.05. The monoisotopic (exact) mass is 966 g/mol. The molecule has 0 bridgehead atoms. The molecular weight excluding hydrogens is 901 g/mol. The topological polar surface area (TPSA) is 152 Å². The Balaban J connectivity index is 1.38. The van der Waals surface area contributed by atoms with Crippen molar-refractivity contribution in [1.29, 1.82) is 0 Å². The highest BCUT2D eigenvalue weighted by molar-refractivity contribution is 5.65.